The van der Waals surface area contributed by atoms with Gasteiger partial charge in [0.2, 0.25) is 0 Å². The molecule has 0 aliphatic carbocycles. The molecule has 158 valence electrons. The molecule has 0 aliphatic rings. The minimum Gasteiger partial charge on any atom is -0.319 e. The third kappa shape index (κ3) is 4.30. The molecule has 0 saturated heterocycles. The van der Waals surface area contributed by atoms with Crippen molar-refractivity contribution in [2.24, 2.45) is 12.0 Å². The van der Waals surface area contributed by atoms with Crippen LogP contribution >= 0.6 is 11.3 Å². The Morgan fingerprint density at radius 3 is 2.35 bits per heavy atom. The molecule has 0 saturated carbocycles. The van der Waals surface area contributed by atoms with Gasteiger partial charge in [-0.15, -0.1) is 0 Å². The number of carbonyl (C=O) groups is 1. The van der Waals surface area contributed by atoms with Crippen LogP contribution in [-0.4, -0.2) is 18.9 Å². The summed E-state index contributed by atoms with van der Waals surface area (Å²) < 4.78 is 30.4. The zero-order chi connectivity index (χ0) is 22.2. The summed E-state index contributed by atoms with van der Waals surface area (Å²) in [6.07, 6.45) is 0. The second-order valence-corrected chi connectivity index (χ2v) is 9.95. The van der Waals surface area contributed by atoms with E-state index in [1.54, 1.807) is 42.5 Å². The van der Waals surface area contributed by atoms with E-state index >= 15 is 0 Å². The van der Waals surface area contributed by atoms with Crippen molar-refractivity contribution in [1.82, 2.24) is 4.57 Å². The fourth-order valence-electron chi connectivity index (χ4n) is 3.32. The molecule has 4 rings (SSSR count). The Balaban J connectivity index is 1.60. The maximum Gasteiger partial charge on any atom is 0.279 e. The summed E-state index contributed by atoms with van der Waals surface area (Å²) in [5.41, 5.74) is 4.11. The second kappa shape index (κ2) is 8.13. The molecule has 0 atom stereocenters. The lowest BCUT2D eigenvalue weighted by Crippen LogP contribution is -2.14. The smallest absolute Gasteiger partial charge is 0.279 e. The van der Waals surface area contributed by atoms with E-state index in [1.165, 1.54) is 23.5 Å². The van der Waals surface area contributed by atoms with Crippen molar-refractivity contribution in [1.29, 1.82) is 0 Å². The lowest BCUT2D eigenvalue weighted by Gasteiger charge is -2.08. The van der Waals surface area contributed by atoms with Gasteiger partial charge in [0, 0.05) is 18.3 Å². The van der Waals surface area contributed by atoms with Crippen LogP contribution in [0, 0.1) is 13.8 Å². The van der Waals surface area contributed by atoms with Gasteiger partial charge in [-0.2, -0.15) is 4.99 Å². The predicted molar refractivity (Wildman–Crippen MR) is 124 cm³/mol. The molecule has 0 unspecified atom stereocenters. The van der Waals surface area contributed by atoms with E-state index in [-0.39, 0.29) is 10.8 Å². The molecule has 0 aliphatic heterocycles. The molecule has 3 aromatic carbocycles. The number of amides is 1. The van der Waals surface area contributed by atoms with Gasteiger partial charge in [0.25, 0.3) is 15.9 Å². The number of nitrogens with zero attached hydrogens (tertiary/aromatic N) is 2. The topological polar surface area (TPSA) is 80.5 Å². The molecule has 1 N–H and O–H groups in total. The molecular weight excluding hydrogens is 430 g/mol. The van der Waals surface area contributed by atoms with Gasteiger partial charge in [-0.3, -0.25) is 9.52 Å². The van der Waals surface area contributed by atoms with Gasteiger partial charge in [0.05, 0.1) is 15.1 Å². The molecule has 0 fully saturated rings. The largest absolute Gasteiger partial charge is 0.319 e. The van der Waals surface area contributed by atoms with Crippen molar-refractivity contribution in [2.75, 3.05) is 4.72 Å². The van der Waals surface area contributed by atoms with Crippen LogP contribution in [0.3, 0.4) is 0 Å². The summed E-state index contributed by atoms with van der Waals surface area (Å²) in [6, 6.07) is 18.6. The van der Waals surface area contributed by atoms with Crippen molar-refractivity contribution in [3.8, 4) is 0 Å². The number of hydrogen-bond acceptors (Lipinski definition) is 4. The molecule has 1 aromatic heterocycles. The lowest BCUT2D eigenvalue weighted by molar-refractivity contribution is 0.0998. The number of carbonyl (C=O) groups excluding carboxylic acids is 1. The Kier molecular flexibility index (Phi) is 5.51. The molecule has 4 aromatic rings. The number of anilines is 1. The zero-order valence-corrected chi connectivity index (χ0v) is 18.9. The number of fused-ring (bicyclic) bond motifs is 1. The van der Waals surface area contributed by atoms with Crippen LogP contribution < -0.4 is 9.52 Å². The molecule has 0 bridgehead atoms. The molecule has 1 heterocycles. The summed E-state index contributed by atoms with van der Waals surface area (Å²) in [7, 11) is -1.79. The monoisotopic (exact) mass is 451 g/mol. The van der Waals surface area contributed by atoms with Crippen LogP contribution in [0.2, 0.25) is 0 Å². The number of thiazole rings is 1. The highest BCUT2D eigenvalue weighted by molar-refractivity contribution is 7.92. The molecule has 6 nitrogen and oxygen atoms in total. The van der Waals surface area contributed by atoms with E-state index in [1.807, 2.05) is 25.5 Å². The first-order valence-corrected chi connectivity index (χ1v) is 11.9. The summed E-state index contributed by atoms with van der Waals surface area (Å²) >= 11 is 1.47. The molecule has 1 amide bonds. The maximum absolute atomic E-state index is 12.7. The fourth-order valence-corrected chi connectivity index (χ4v) is 5.47. The third-order valence-corrected chi connectivity index (χ3v) is 7.56. The van der Waals surface area contributed by atoms with Crippen molar-refractivity contribution in [3.05, 3.63) is 88.2 Å². The van der Waals surface area contributed by atoms with E-state index in [0.717, 1.165) is 21.3 Å². The average molecular weight is 452 g/mol. The Morgan fingerprint density at radius 1 is 1.00 bits per heavy atom. The number of aromatic nitrogens is 1. The summed E-state index contributed by atoms with van der Waals surface area (Å²) in [6.45, 7) is 4.09. The van der Waals surface area contributed by atoms with Gasteiger partial charge < -0.3 is 4.57 Å². The highest BCUT2D eigenvalue weighted by atomic mass is 32.2. The number of benzene rings is 3. The zero-order valence-electron chi connectivity index (χ0n) is 17.3. The van der Waals surface area contributed by atoms with Crippen LogP contribution in [0.15, 0.2) is 76.6 Å². The highest BCUT2D eigenvalue weighted by Gasteiger charge is 2.14. The SMILES string of the molecule is Cc1cc(C)c2sc(=NC(=O)c3ccc(NS(=O)(=O)c4ccccc4)cc3)n(C)c2c1. The van der Waals surface area contributed by atoms with E-state index in [9.17, 15) is 13.2 Å². The quantitative estimate of drug-likeness (QED) is 0.499. The summed E-state index contributed by atoms with van der Waals surface area (Å²) in [5, 5.41) is 0. The highest BCUT2D eigenvalue weighted by Crippen LogP contribution is 2.23. The Morgan fingerprint density at radius 2 is 1.68 bits per heavy atom. The van der Waals surface area contributed by atoms with E-state index in [4.69, 9.17) is 0 Å². The van der Waals surface area contributed by atoms with Crippen LogP contribution in [0.1, 0.15) is 21.5 Å². The van der Waals surface area contributed by atoms with E-state index in [2.05, 4.69) is 21.8 Å². The fraction of sp³-hybridized carbons (Fsp3) is 0.130. The minimum atomic E-state index is -3.68. The van der Waals surface area contributed by atoms with Crippen LogP contribution in [-0.2, 0) is 17.1 Å². The first kappa shape index (κ1) is 21.0. The predicted octanol–water partition coefficient (Wildman–Crippen LogP) is 4.40. The number of sulfonamides is 1. The van der Waals surface area contributed by atoms with Crippen molar-refractivity contribution in [2.45, 2.75) is 18.7 Å². The maximum atomic E-state index is 12.7. The van der Waals surface area contributed by atoms with Gasteiger partial charge in [-0.25, -0.2) is 8.42 Å². The second-order valence-electron chi connectivity index (χ2n) is 7.29. The molecule has 0 radical (unpaired) electrons. The molecule has 0 spiro atoms. The van der Waals surface area contributed by atoms with Crippen LogP contribution in [0.25, 0.3) is 10.2 Å². The van der Waals surface area contributed by atoms with Crippen LogP contribution in [0.4, 0.5) is 5.69 Å². The first-order valence-electron chi connectivity index (χ1n) is 9.58. The van der Waals surface area contributed by atoms with Crippen molar-refractivity contribution in [3.63, 3.8) is 0 Å². The molecule has 31 heavy (non-hydrogen) atoms. The normalized spacial score (nSPS) is 12.3. The molecule has 8 heteroatoms. The Labute approximate surface area is 184 Å². The van der Waals surface area contributed by atoms with Crippen molar-refractivity contribution < 1.29 is 13.2 Å². The van der Waals surface area contributed by atoms with Gasteiger partial charge >= 0.3 is 0 Å². The number of rotatable bonds is 4. The average Bonchev–Trinajstić information content (AvgIpc) is 3.05. The Bertz CT molecular complexity index is 1450. The van der Waals surface area contributed by atoms with Crippen LogP contribution in [0.5, 0.6) is 0 Å². The van der Waals surface area contributed by atoms with Gasteiger partial charge in [-0.1, -0.05) is 35.6 Å². The van der Waals surface area contributed by atoms with E-state index in [0.29, 0.717) is 16.1 Å². The summed E-state index contributed by atoms with van der Waals surface area (Å²) in [4.78, 5) is 17.8. The van der Waals surface area contributed by atoms with Gasteiger partial charge in [0.15, 0.2) is 4.80 Å². The number of aryl methyl sites for hydroxylation is 3. The van der Waals surface area contributed by atoms with Gasteiger partial charge in [0.1, 0.15) is 0 Å². The standard InChI is InChI=1S/C23H21N3O3S2/c1-15-13-16(2)21-20(14-15)26(3)23(30-21)24-22(27)17-9-11-18(12-10-17)25-31(28,29)19-7-5-4-6-8-19/h4-14,25H,1-3H3. The Hall–Kier alpha value is -3.23. The summed E-state index contributed by atoms with van der Waals surface area (Å²) in [5.74, 6) is -0.381. The van der Waals surface area contributed by atoms with E-state index < -0.39 is 10.0 Å². The van der Waals surface area contributed by atoms with Crippen molar-refractivity contribution >= 4 is 43.2 Å². The third-order valence-electron chi connectivity index (χ3n) is 4.88. The minimum absolute atomic E-state index is 0.174. The van der Waals surface area contributed by atoms with Gasteiger partial charge in [-0.05, 0) is 67.4 Å². The number of nitrogens with one attached hydrogen (secondary N) is 1. The molecular formula is C23H21N3O3S2. The first-order chi connectivity index (χ1) is 14.7. The number of hydrogen-bond donors (Lipinski definition) is 1. The lowest BCUT2D eigenvalue weighted by atomic mass is 10.1.